The molecule has 0 aliphatic carbocycles. The molecule has 0 saturated heterocycles. The van der Waals surface area contributed by atoms with Crippen LogP contribution in [0.4, 0.5) is 11.4 Å². The molecule has 3 aromatic rings. The van der Waals surface area contributed by atoms with Crippen molar-refractivity contribution >= 4 is 32.7 Å². The van der Waals surface area contributed by atoms with Crippen LogP contribution in [0.3, 0.4) is 0 Å². The quantitative estimate of drug-likeness (QED) is 0.638. The molecular formula is C20H22N2O2S2. The van der Waals surface area contributed by atoms with Gasteiger partial charge in [0.05, 0.1) is 0 Å². The van der Waals surface area contributed by atoms with E-state index in [-0.39, 0.29) is 0 Å². The van der Waals surface area contributed by atoms with Gasteiger partial charge in [-0.25, -0.2) is 8.42 Å². The Kier molecular flexibility index (Phi) is 5.64. The molecule has 1 N–H and O–H groups in total. The van der Waals surface area contributed by atoms with Gasteiger partial charge in [-0.15, -0.1) is 11.3 Å². The average Bonchev–Trinajstić information content (AvgIpc) is 3.13. The first-order valence-electron chi connectivity index (χ1n) is 8.44. The number of hydrogen-bond acceptors (Lipinski definition) is 4. The van der Waals surface area contributed by atoms with Gasteiger partial charge in [-0.05, 0) is 48.4 Å². The molecule has 0 unspecified atom stereocenters. The van der Waals surface area contributed by atoms with Crippen LogP contribution >= 0.6 is 11.3 Å². The van der Waals surface area contributed by atoms with Crippen LogP contribution in [-0.2, 0) is 23.0 Å². The molecule has 0 bridgehead atoms. The summed E-state index contributed by atoms with van der Waals surface area (Å²) in [6.07, 6.45) is 0.836. The molecular weight excluding hydrogens is 364 g/mol. The summed E-state index contributed by atoms with van der Waals surface area (Å²) in [5, 5.41) is 0. The molecule has 0 amide bonds. The van der Waals surface area contributed by atoms with Crippen molar-refractivity contribution in [2.24, 2.45) is 0 Å². The zero-order valence-corrected chi connectivity index (χ0v) is 16.5. The molecule has 0 fully saturated rings. The highest BCUT2D eigenvalue weighted by molar-refractivity contribution is 7.94. The standard InChI is InChI=1S/C20H22N2O2S2/c1-3-19-13-14-20(25-19)26(23,24)21-17-9-11-18(12-10-17)22(2)15-16-7-5-4-6-8-16/h4-14,21H,3,15H2,1-2H3. The molecule has 1 heterocycles. The van der Waals surface area contributed by atoms with E-state index in [1.807, 2.05) is 50.4 Å². The maximum atomic E-state index is 12.5. The Bertz CT molecular complexity index is 949. The third-order valence-electron chi connectivity index (χ3n) is 4.07. The molecule has 0 atom stereocenters. The van der Waals surface area contributed by atoms with Crippen molar-refractivity contribution in [2.75, 3.05) is 16.7 Å². The van der Waals surface area contributed by atoms with Gasteiger partial charge in [-0.2, -0.15) is 0 Å². The van der Waals surface area contributed by atoms with Crippen molar-refractivity contribution in [3.8, 4) is 0 Å². The van der Waals surface area contributed by atoms with Crippen molar-refractivity contribution in [3.05, 3.63) is 77.2 Å². The summed E-state index contributed by atoms with van der Waals surface area (Å²) in [7, 11) is -1.51. The highest BCUT2D eigenvalue weighted by atomic mass is 32.2. The minimum absolute atomic E-state index is 0.347. The Morgan fingerprint density at radius 3 is 2.27 bits per heavy atom. The van der Waals surface area contributed by atoms with Gasteiger partial charge in [0.2, 0.25) is 0 Å². The molecule has 0 radical (unpaired) electrons. The molecule has 1 aromatic heterocycles. The van der Waals surface area contributed by atoms with E-state index in [2.05, 4.69) is 21.8 Å². The Morgan fingerprint density at radius 2 is 1.65 bits per heavy atom. The van der Waals surface area contributed by atoms with E-state index in [1.54, 1.807) is 18.2 Å². The molecule has 26 heavy (non-hydrogen) atoms. The summed E-state index contributed by atoms with van der Waals surface area (Å²) < 4.78 is 28.0. The van der Waals surface area contributed by atoms with E-state index >= 15 is 0 Å². The summed E-state index contributed by atoms with van der Waals surface area (Å²) >= 11 is 1.31. The first-order valence-corrected chi connectivity index (χ1v) is 10.7. The van der Waals surface area contributed by atoms with Crippen LogP contribution in [0.15, 0.2) is 70.9 Å². The number of aryl methyl sites for hydroxylation is 1. The summed E-state index contributed by atoms with van der Waals surface area (Å²) in [5.74, 6) is 0. The fourth-order valence-corrected chi connectivity index (χ4v) is 4.98. The van der Waals surface area contributed by atoms with Gasteiger partial charge in [0, 0.05) is 29.8 Å². The summed E-state index contributed by atoms with van der Waals surface area (Å²) in [6, 6.07) is 21.2. The van der Waals surface area contributed by atoms with E-state index in [9.17, 15) is 8.42 Å². The molecule has 136 valence electrons. The van der Waals surface area contributed by atoms with Crippen LogP contribution in [0.5, 0.6) is 0 Å². The molecule has 2 aromatic carbocycles. The monoisotopic (exact) mass is 386 g/mol. The number of sulfonamides is 1. The Hall–Kier alpha value is -2.31. The molecule has 4 nitrogen and oxygen atoms in total. The number of hydrogen-bond donors (Lipinski definition) is 1. The smallest absolute Gasteiger partial charge is 0.271 e. The van der Waals surface area contributed by atoms with Gasteiger partial charge in [-0.3, -0.25) is 4.72 Å². The minimum Gasteiger partial charge on any atom is -0.370 e. The fraction of sp³-hybridized carbons (Fsp3) is 0.200. The van der Waals surface area contributed by atoms with Crippen LogP contribution < -0.4 is 9.62 Å². The number of anilines is 2. The Balaban J connectivity index is 1.69. The predicted octanol–water partition coefficient (Wildman–Crippen LogP) is 4.75. The second-order valence-electron chi connectivity index (χ2n) is 6.07. The Labute approximate surface area is 159 Å². The predicted molar refractivity (Wildman–Crippen MR) is 109 cm³/mol. The van der Waals surface area contributed by atoms with Crippen LogP contribution in [0.25, 0.3) is 0 Å². The van der Waals surface area contributed by atoms with Crippen molar-refractivity contribution in [1.82, 2.24) is 0 Å². The summed E-state index contributed by atoms with van der Waals surface area (Å²) in [6.45, 7) is 2.81. The largest absolute Gasteiger partial charge is 0.370 e. The third kappa shape index (κ3) is 4.45. The maximum Gasteiger partial charge on any atom is 0.271 e. The lowest BCUT2D eigenvalue weighted by Crippen LogP contribution is -2.16. The van der Waals surface area contributed by atoms with Crippen LogP contribution in [0.2, 0.25) is 0 Å². The number of nitrogens with zero attached hydrogens (tertiary/aromatic N) is 1. The molecule has 0 aliphatic heterocycles. The van der Waals surface area contributed by atoms with Gasteiger partial charge in [-0.1, -0.05) is 37.3 Å². The zero-order chi connectivity index (χ0) is 18.6. The second kappa shape index (κ2) is 7.93. The minimum atomic E-state index is -3.53. The van der Waals surface area contributed by atoms with Crippen LogP contribution in [0, 0.1) is 0 Å². The van der Waals surface area contributed by atoms with Gasteiger partial charge >= 0.3 is 0 Å². The number of nitrogens with one attached hydrogen (secondary N) is 1. The van der Waals surface area contributed by atoms with Gasteiger partial charge in [0.1, 0.15) is 4.21 Å². The first kappa shape index (κ1) is 18.5. The zero-order valence-electron chi connectivity index (χ0n) is 14.8. The lowest BCUT2D eigenvalue weighted by atomic mass is 10.2. The normalized spacial score (nSPS) is 11.3. The summed E-state index contributed by atoms with van der Waals surface area (Å²) in [4.78, 5) is 3.18. The van der Waals surface area contributed by atoms with E-state index in [4.69, 9.17) is 0 Å². The van der Waals surface area contributed by atoms with E-state index in [0.29, 0.717) is 9.90 Å². The van der Waals surface area contributed by atoms with Crippen LogP contribution in [0.1, 0.15) is 17.4 Å². The summed E-state index contributed by atoms with van der Waals surface area (Å²) in [5.41, 5.74) is 2.82. The number of thiophene rings is 1. The topological polar surface area (TPSA) is 49.4 Å². The molecule has 6 heteroatoms. The lowest BCUT2D eigenvalue weighted by Gasteiger charge is -2.20. The number of benzene rings is 2. The SMILES string of the molecule is CCc1ccc(S(=O)(=O)Nc2ccc(N(C)Cc3ccccc3)cc2)s1. The lowest BCUT2D eigenvalue weighted by molar-refractivity contribution is 0.603. The molecule has 0 spiro atoms. The van der Waals surface area contributed by atoms with Crippen molar-refractivity contribution < 1.29 is 8.42 Å². The highest BCUT2D eigenvalue weighted by Gasteiger charge is 2.16. The fourth-order valence-electron chi connectivity index (χ4n) is 2.63. The van der Waals surface area contributed by atoms with Crippen molar-refractivity contribution in [3.63, 3.8) is 0 Å². The van der Waals surface area contributed by atoms with E-state index in [1.165, 1.54) is 16.9 Å². The highest BCUT2D eigenvalue weighted by Crippen LogP contribution is 2.25. The molecule has 0 aliphatic rings. The average molecular weight is 387 g/mol. The van der Waals surface area contributed by atoms with E-state index < -0.39 is 10.0 Å². The maximum absolute atomic E-state index is 12.5. The van der Waals surface area contributed by atoms with Gasteiger partial charge in [0.15, 0.2) is 0 Å². The van der Waals surface area contributed by atoms with Gasteiger partial charge < -0.3 is 4.90 Å². The second-order valence-corrected chi connectivity index (χ2v) is 9.15. The van der Waals surface area contributed by atoms with Crippen molar-refractivity contribution in [1.29, 1.82) is 0 Å². The van der Waals surface area contributed by atoms with Crippen LogP contribution in [-0.4, -0.2) is 15.5 Å². The van der Waals surface area contributed by atoms with Gasteiger partial charge in [0.25, 0.3) is 10.0 Å². The van der Waals surface area contributed by atoms with E-state index in [0.717, 1.165) is 23.5 Å². The first-order chi connectivity index (χ1) is 12.5. The Morgan fingerprint density at radius 1 is 0.962 bits per heavy atom. The molecule has 0 saturated carbocycles. The third-order valence-corrected chi connectivity index (χ3v) is 7.18. The van der Waals surface area contributed by atoms with Crippen molar-refractivity contribution in [2.45, 2.75) is 24.1 Å². The number of rotatable bonds is 7. The molecule has 3 rings (SSSR count).